The Morgan fingerprint density at radius 2 is 2.00 bits per heavy atom. The summed E-state index contributed by atoms with van der Waals surface area (Å²) in [6.45, 7) is 1.34. The molecule has 0 radical (unpaired) electrons. The number of hydroxylamine groups is 1. The van der Waals surface area contributed by atoms with Crippen LogP contribution < -0.4 is 5.48 Å². The molecule has 0 saturated heterocycles. The van der Waals surface area contributed by atoms with Crippen LogP contribution in [0.1, 0.15) is 22.8 Å². The van der Waals surface area contributed by atoms with Crippen molar-refractivity contribution in [2.75, 3.05) is 13.3 Å². The molecular weight excluding hydrogens is 326 g/mol. The molecule has 1 atom stereocenters. The number of amides is 1. The Hall–Kier alpha value is -2.30. The van der Waals surface area contributed by atoms with E-state index in [9.17, 15) is 28.3 Å². The molecule has 1 heterocycles. The fourth-order valence-corrected chi connectivity index (χ4v) is 2.93. The fourth-order valence-electron chi connectivity index (χ4n) is 2.28. The average molecular weight is 341 g/mol. The van der Waals surface area contributed by atoms with Crippen molar-refractivity contribution in [2.24, 2.45) is 5.10 Å². The third-order valence-corrected chi connectivity index (χ3v) is 4.68. The number of benzene rings is 1. The molecule has 1 aliphatic rings. The van der Waals surface area contributed by atoms with E-state index in [2.05, 4.69) is 5.10 Å². The standard InChI is InChI=1S/C13H15N3O6S/c1-13(15-20)10(14-16(2)12(13)19)8-5-4-7(23(3,21)22)6-9(8)11(17)18/h4-6,15,20H,1-3H3,(H,17,18). The zero-order chi connectivity index (χ0) is 17.6. The Kier molecular flexibility index (Phi) is 4.01. The van der Waals surface area contributed by atoms with E-state index in [0.29, 0.717) is 0 Å². The first-order valence-corrected chi connectivity index (χ1v) is 8.28. The molecule has 1 aliphatic heterocycles. The van der Waals surface area contributed by atoms with Crippen molar-refractivity contribution in [1.82, 2.24) is 10.5 Å². The Labute approximate surface area is 132 Å². The molecule has 0 bridgehead atoms. The molecule has 0 saturated carbocycles. The van der Waals surface area contributed by atoms with Gasteiger partial charge in [0, 0.05) is 18.9 Å². The molecule has 0 fully saturated rings. The number of nitrogens with one attached hydrogen (secondary N) is 1. The molecule has 1 aromatic carbocycles. The van der Waals surface area contributed by atoms with Crippen molar-refractivity contribution in [3.63, 3.8) is 0 Å². The number of sulfone groups is 1. The summed E-state index contributed by atoms with van der Waals surface area (Å²) in [4.78, 5) is 23.4. The molecule has 9 nitrogen and oxygen atoms in total. The lowest BCUT2D eigenvalue weighted by Crippen LogP contribution is -2.54. The zero-order valence-corrected chi connectivity index (χ0v) is 13.4. The lowest BCUT2D eigenvalue weighted by atomic mass is 9.88. The average Bonchev–Trinajstić information content (AvgIpc) is 2.70. The maximum absolute atomic E-state index is 12.1. The topological polar surface area (TPSA) is 136 Å². The fraction of sp³-hybridized carbons (Fsp3) is 0.308. The summed E-state index contributed by atoms with van der Waals surface area (Å²) < 4.78 is 23.2. The smallest absolute Gasteiger partial charge is 0.336 e. The van der Waals surface area contributed by atoms with Crippen molar-refractivity contribution in [3.8, 4) is 0 Å². The van der Waals surface area contributed by atoms with Crippen LogP contribution in [0.15, 0.2) is 28.2 Å². The van der Waals surface area contributed by atoms with Crippen LogP contribution >= 0.6 is 0 Å². The number of hydrogen-bond acceptors (Lipinski definition) is 7. The number of carboxylic acids is 1. The Balaban J connectivity index is 2.71. The van der Waals surface area contributed by atoms with Gasteiger partial charge in [-0.1, -0.05) is 6.07 Å². The highest BCUT2D eigenvalue weighted by molar-refractivity contribution is 7.90. The van der Waals surface area contributed by atoms with Gasteiger partial charge in [-0.3, -0.25) is 4.79 Å². The first-order valence-electron chi connectivity index (χ1n) is 6.38. The minimum Gasteiger partial charge on any atom is -0.478 e. The van der Waals surface area contributed by atoms with E-state index in [0.717, 1.165) is 17.3 Å². The highest BCUT2D eigenvalue weighted by Crippen LogP contribution is 2.27. The summed E-state index contributed by atoms with van der Waals surface area (Å²) in [5.74, 6) is -1.96. The highest BCUT2D eigenvalue weighted by atomic mass is 32.2. The molecule has 2 rings (SSSR count). The predicted molar refractivity (Wildman–Crippen MR) is 79.1 cm³/mol. The van der Waals surface area contributed by atoms with Gasteiger partial charge >= 0.3 is 5.97 Å². The van der Waals surface area contributed by atoms with Gasteiger partial charge in [0.15, 0.2) is 15.4 Å². The molecular formula is C13H15N3O6S. The highest BCUT2D eigenvalue weighted by Gasteiger charge is 2.47. The van der Waals surface area contributed by atoms with Crippen LogP contribution in [-0.4, -0.2) is 60.2 Å². The number of carbonyl (C=O) groups excluding carboxylic acids is 1. The van der Waals surface area contributed by atoms with Crippen LogP contribution in [0, 0.1) is 0 Å². The number of likely N-dealkylation sites (N-methyl/N-ethyl adjacent to an activating group) is 1. The maximum atomic E-state index is 12.1. The van der Waals surface area contributed by atoms with Crippen LogP contribution in [0.5, 0.6) is 0 Å². The van der Waals surface area contributed by atoms with E-state index in [1.54, 1.807) is 0 Å². The van der Waals surface area contributed by atoms with Crippen LogP contribution in [0.2, 0.25) is 0 Å². The molecule has 124 valence electrons. The molecule has 23 heavy (non-hydrogen) atoms. The van der Waals surface area contributed by atoms with E-state index in [1.165, 1.54) is 26.1 Å². The van der Waals surface area contributed by atoms with Gasteiger partial charge in [0.1, 0.15) is 5.71 Å². The van der Waals surface area contributed by atoms with Gasteiger partial charge < -0.3 is 10.3 Å². The van der Waals surface area contributed by atoms with Crippen molar-refractivity contribution in [3.05, 3.63) is 29.3 Å². The quantitative estimate of drug-likeness (QED) is 0.640. The van der Waals surface area contributed by atoms with E-state index >= 15 is 0 Å². The van der Waals surface area contributed by atoms with E-state index in [1.807, 2.05) is 5.48 Å². The van der Waals surface area contributed by atoms with Crippen molar-refractivity contribution in [2.45, 2.75) is 17.4 Å². The molecule has 1 amide bonds. The van der Waals surface area contributed by atoms with Gasteiger partial charge in [0.2, 0.25) is 0 Å². The summed E-state index contributed by atoms with van der Waals surface area (Å²) >= 11 is 0. The van der Waals surface area contributed by atoms with Crippen molar-refractivity contribution >= 4 is 27.4 Å². The maximum Gasteiger partial charge on any atom is 0.336 e. The Bertz CT molecular complexity index is 832. The van der Waals surface area contributed by atoms with Gasteiger partial charge in [0.25, 0.3) is 5.91 Å². The molecule has 1 aromatic rings. The molecule has 0 aromatic heterocycles. The summed E-state index contributed by atoms with van der Waals surface area (Å²) in [5.41, 5.74) is -0.113. The van der Waals surface area contributed by atoms with E-state index in [4.69, 9.17) is 0 Å². The SMILES string of the molecule is CN1N=C(c2ccc(S(C)(=O)=O)cc2C(=O)O)C(C)(NO)C1=O. The first kappa shape index (κ1) is 17.1. The number of hydrogen-bond donors (Lipinski definition) is 3. The minimum absolute atomic E-state index is 0.0232. The summed E-state index contributed by atoms with van der Waals surface area (Å²) in [6.07, 6.45) is 0.956. The van der Waals surface area contributed by atoms with Gasteiger partial charge in [0.05, 0.1) is 10.5 Å². The second-order valence-electron chi connectivity index (χ2n) is 5.30. The number of hydrazone groups is 1. The largest absolute Gasteiger partial charge is 0.478 e. The van der Waals surface area contributed by atoms with Gasteiger partial charge in [-0.25, -0.2) is 18.2 Å². The number of rotatable bonds is 4. The Morgan fingerprint density at radius 3 is 2.48 bits per heavy atom. The molecule has 3 N–H and O–H groups in total. The van der Waals surface area contributed by atoms with Crippen LogP contribution in [0.4, 0.5) is 0 Å². The second-order valence-corrected chi connectivity index (χ2v) is 7.31. The number of aromatic carboxylic acids is 1. The molecule has 0 aliphatic carbocycles. The minimum atomic E-state index is -3.60. The van der Waals surface area contributed by atoms with Crippen LogP contribution in [0.25, 0.3) is 0 Å². The summed E-state index contributed by atoms with van der Waals surface area (Å²) in [7, 11) is -2.24. The van der Waals surface area contributed by atoms with E-state index in [-0.39, 0.29) is 21.7 Å². The van der Waals surface area contributed by atoms with Crippen LogP contribution in [0.3, 0.4) is 0 Å². The Morgan fingerprint density at radius 1 is 1.39 bits per heavy atom. The van der Waals surface area contributed by atoms with Gasteiger partial charge in [-0.15, -0.1) is 0 Å². The zero-order valence-electron chi connectivity index (χ0n) is 12.6. The van der Waals surface area contributed by atoms with E-state index < -0.39 is 27.3 Å². The third-order valence-electron chi connectivity index (χ3n) is 3.57. The number of carbonyl (C=O) groups is 2. The summed E-state index contributed by atoms with van der Waals surface area (Å²) in [6, 6.07) is 3.47. The first-order chi connectivity index (χ1) is 10.5. The van der Waals surface area contributed by atoms with Crippen LogP contribution in [-0.2, 0) is 14.6 Å². The van der Waals surface area contributed by atoms with Crippen molar-refractivity contribution < 1.29 is 28.3 Å². The van der Waals surface area contributed by atoms with Gasteiger partial charge in [-0.2, -0.15) is 10.6 Å². The molecule has 0 spiro atoms. The second kappa shape index (κ2) is 5.41. The lowest BCUT2D eigenvalue weighted by Gasteiger charge is -2.22. The molecule has 10 heteroatoms. The lowest BCUT2D eigenvalue weighted by molar-refractivity contribution is -0.134. The number of carboxylic acid groups (broad SMARTS) is 1. The van der Waals surface area contributed by atoms with Crippen molar-refractivity contribution in [1.29, 1.82) is 0 Å². The van der Waals surface area contributed by atoms with Gasteiger partial charge in [-0.05, 0) is 19.1 Å². The third kappa shape index (κ3) is 2.71. The number of nitrogens with zero attached hydrogens (tertiary/aromatic N) is 2. The summed E-state index contributed by atoms with van der Waals surface area (Å²) in [5, 5.41) is 23.6. The predicted octanol–water partition coefficient (Wildman–Crippen LogP) is -0.298. The monoisotopic (exact) mass is 341 g/mol. The molecule has 1 unspecified atom stereocenters. The normalized spacial score (nSPS) is 21.5.